The molecule has 6 nitrogen and oxygen atoms in total. The minimum atomic E-state index is -0.310. The highest BCUT2D eigenvalue weighted by Crippen LogP contribution is 2.32. The monoisotopic (exact) mass is 441 g/mol. The summed E-state index contributed by atoms with van der Waals surface area (Å²) in [6.45, 7) is 0. The van der Waals surface area contributed by atoms with Crippen LogP contribution in [0.5, 0.6) is 0 Å². The molecule has 0 unspecified atom stereocenters. The molecule has 0 atom stereocenters. The lowest BCUT2D eigenvalue weighted by Crippen LogP contribution is -2.07. The number of nitrogens with zero attached hydrogens (tertiary/aromatic N) is 2. The van der Waals surface area contributed by atoms with Gasteiger partial charge in [0.25, 0.3) is 0 Å². The van der Waals surface area contributed by atoms with E-state index in [0.29, 0.717) is 39.2 Å². The number of fused-ring (bicyclic) bond motifs is 1. The van der Waals surface area contributed by atoms with Crippen LogP contribution in [0.3, 0.4) is 0 Å². The molecule has 0 saturated heterocycles. The Morgan fingerprint density at radius 3 is 2.69 bits per heavy atom. The van der Waals surface area contributed by atoms with Crippen LogP contribution in [-0.2, 0) is 4.79 Å². The number of benzene rings is 2. The number of hydrogen-bond donors (Lipinski definition) is 1. The summed E-state index contributed by atoms with van der Waals surface area (Å²) in [7, 11) is 0. The molecule has 0 aliphatic rings. The summed E-state index contributed by atoms with van der Waals surface area (Å²) in [4.78, 5) is 20.9. The number of rotatable bonds is 5. The molecule has 0 fully saturated rings. The third-order valence-corrected chi connectivity index (χ3v) is 5.04. The maximum absolute atomic E-state index is 12.4. The molecule has 1 N–H and O–H groups in total. The summed E-state index contributed by atoms with van der Waals surface area (Å²) >= 11 is 6.33. The molecule has 0 radical (unpaired) electrons. The van der Waals surface area contributed by atoms with Crippen molar-refractivity contribution in [2.45, 2.75) is 0 Å². The van der Waals surface area contributed by atoms with E-state index in [1.54, 1.807) is 42.6 Å². The minimum Gasteiger partial charge on any atom is -0.457 e. The first kappa shape index (κ1) is 19.8. The van der Waals surface area contributed by atoms with Gasteiger partial charge < -0.3 is 14.2 Å². The molecule has 3 heterocycles. The number of carbonyl (C=O) groups excluding carboxylic acids is 1. The number of carbonyl (C=O) groups is 1. The van der Waals surface area contributed by atoms with E-state index in [9.17, 15) is 4.79 Å². The summed E-state index contributed by atoms with van der Waals surface area (Å²) < 4.78 is 11.5. The molecule has 32 heavy (non-hydrogen) atoms. The number of pyridine rings is 1. The lowest BCUT2D eigenvalue weighted by atomic mass is 10.2. The number of hydrogen-bond acceptors (Lipinski definition) is 5. The molecule has 2 aromatic carbocycles. The second kappa shape index (κ2) is 8.53. The topological polar surface area (TPSA) is 81.2 Å². The number of oxazole rings is 1. The number of furan rings is 1. The second-order valence-corrected chi connectivity index (χ2v) is 7.34. The number of nitrogens with one attached hydrogen (secondary N) is 1. The van der Waals surface area contributed by atoms with E-state index in [1.165, 1.54) is 6.08 Å². The Morgan fingerprint density at radius 1 is 0.969 bits per heavy atom. The normalized spacial score (nSPS) is 11.3. The van der Waals surface area contributed by atoms with Crippen LogP contribution in [0.2, 0.25) is 5.02 Å². The van der Waals surface area contributed by atoms with Crippen LogP contribution in [0, 0.1) is 0 Å². The van der Waals surface area contributed by atoms with Gasteiger partial charge in [-0.3, -0.25) is 4.79 Å². The number of halogens is 1. The van der Waals surface area contributed by atoms with Gasteiger partial charge in [0.2, 0.25) is 11.8 Å². The summed E-state index contributed by atoms with van der Waals surface area (Å²) in [5.41, 5.74) is 3.14. The average molecular weight is 442 g/mol. The van der Waals surface area contributed by atoms with Gasteiger partial charge in [-0.15, -0.1) is 0 Å². The van der Waals surface area contributed by atoms with Crippen molar-refractivity contribution in [3.63, 3.8) is 0 Å². The summed E-state index contributed by atoms with van der Waals surface area (Å²) in [5, 5.41) is 3.26. The fourth-order valence-corrected chi connectivity index (χ4v) is 3.39. The zero-order valence-electron chi connectivity index (χ0n) is 16.7. The van der Waals surface area contributed by atoms with Crippen molar-refractivity contribution in [3.05, 3.63) is 95.9 Å². The Morgan fingerprint density at radius 2 is 1.84 bits per heavy atom. The molecule has 5 aromatic rings. The van der Waals surface area contributed by atoms with Gasteiger partial charge in [-0.25, -0.2) is 4.98 Å². The maximum Gasteiger partial charge on any atom is 0.248 e. The Labute approximate surface area is 188 Å². The quantitative estimate of drug-likeness (QED) is 0.317. The van der Waals surface area contributed by atoms with Gasteiger partial charge in [0.15, 0.2) is 11.2 Å². The van der Waals surface area contributed by atoms with Crippen molar-refractivity contribution in [1.82, 2.24) is 9.97 Å². The number of anilines is 1. The third-order valence-electron chi connectivity index (χ3n) is 4.71. The molecule has 3 aromatic heterocycles. The molecule has 0 bridgehead atoms. The Hall–Kier alpha value is -4.16. The van der Waals surface area contributed by atoms with Gasteiger partial charge in [-0.1, -0.05) is 41.9 Å². The van der Waals surface area contributed by atoms with E-state index in [0.717, 1.165) is 11.3 Å². The van der Waals surface area contributed by atoms with E-state index in [1.807, 2.05) is 42.5 Å². The first-order valence-electron chi connectivity index (χ1n) is 9.81. The summed E-state index contributed by atoms with van der Waals surface area (Å²) in [5.74, 6) is 1.34. The fraction of sp³-hybridized carbons (Fsp3) is 0. The van der Waals surface area contributed by atoms with Crippen molar-refractivity contribution >= 4 is 40.5 Å². The second-order valence-electron chi connectivity index (χ2n) is 6.93. The van der Waals surface area contributed by atoms with E-state index < -0.39 is 0 Å². The highest BCUT2D eigenvalue weighted by molar-refractivity contribution is 6.33. The van der Waals surface area contributed by atoms with E-state index >= 15 is 0 Å². The largest absolute Gasteiger partial charge is 0.457 e. The van der Waals surface area contributed by atoms with E-state index in [2.05, 4.69) is 15.3 Å². The Balaban J connectivity index is 1.31. The molecular weight excluding hydrogens is 426 g/mol. The number of amides is 1. The molecular formula is C25H16ClN3O3. The first-order chi connectivity index (χ1) is 15.7. The molecule has 1 amide bonds. The van der Waals surface area contributed by atoms with Crippen molar-refractivity contribution < 1.29 is 13.6 Å². The Kier molecular flexibility index (Phi) is 5.27. The van der Waals surface area contributed by atoms with Crippen LogP contribution in [0.25, 0.3) is 40.1 Å². The highest BCUT2D eigenvalue weighted by Gasteiger charge is 2.13. The van der Waals surface area contributed by atoms with Gasteiger partial charge >= 0.3 is 0 Å². The predicted octanol–water partition coefficient (Wildman–Crippen LogP) is 6.46. The van der Waals surface area contributed by atoms with Gasteiger partial charge in [0.05, 0.1) is 10.6 Å². The predicted molar refractivity (Wildman–Crippen MR) is 124 cm³/mol. The molecule has 0 spiro atoms. The van der Waals surface area contributed by atoms with Gasteiger partial charge in [-0.05, 0) is 48.5 Å². The minimum absolute atomic E-state index is 0.310. The lowest BCUT2D eigenvalue weighted by Gasteiger charge is -2.05. The SMILES string of the molecule is O=C(/C=C/c1ccc(-c2ccccc2)o1)Nc1ccc(Cl)c(-c2nc3ncccc3o2)c1. The fourth-order valence-electron chi connectivity index (χ4n) is 3.19. The van der Waals surface area contributed by atoms with Crippen LogP contribution in [0.1, 0.15) is 5.76 Å². The highest BCUT2D eigenvalue weighted by atomic mass is 35.5. The van der Waals surface area contributed by atoms with Gasteiger partial charge in [-0.2, -0.15) is 4.98 Å². The molecule has 7 heteroatoms. The van der Waals surface area contributed by atoms with E-state index in [-0.39, 0.29) is 5.91 Å². The first-order valence-corrected chi connectivity index (χ1v) is 10.2. The van der Waals surface area contributed by atoms with Crippen molar-refractivity contribution in [1.29, 1.82) is 0 Å². The van der Waals surface area contributed by atoms with Crippen LogP contribution < -0.4 is 5.32 Å². The third kappa shape index (κ3) is 4.17. The zero-order chi connectivity index (χ0) is 21.9. The van der Waals surface area contributed by atoms with Crippen LogP contribution >= 0.6 is 11.6 Å². The van der Waals surface area contributed by atoms with Gasteiger partial charge in [0, 0.05) is 23.5 Å². The zero-order valence-corrected chi connectivity index (χ0v) is 17.4. The molecule has 156 valence electrons. The van der Waals surface area contributed by atoms with Gasteiger partial charge in [0.1, 0.15) is 11.5 Å². The Bertz CT molecular complexity index is 1400. The smallest absolute Gasteiger partial charge is 0.248 e. The van der Waals surface area contributed by atoms with E-state index in [4.69, 9.17) is 20.4 Å². The molecule has 0 saturated carbocycles. The summed E-state index contributed by atoms with van der Waals surface area (Å²) in [6.07, 6.45) is 4.66. The molecule has 0 aliphatic carbocycles. The molecule has 5 rings (SSSR count). The standard InChI is InChI=1S/C25H16ClN3O3/c26-20-11-8-17(15-19(20)25-29-24-22(32-25)7-4-14-27-24)28-23(30)13-10-18-9-12-21(31-18)16-5-2-1-3-6-16/h1-15H,(H,28,30)/b13-10+. The average Bonchev–Trinajstić information content (AvgIpc) is 3.47. The van der Waals surface area contributed by atoms with Crippen LogP contribution in [0.15, 0.2) is 93.9 Å². The summed E-state index contributed by atoms with van der Waals surface area (Å²) in [6, 6.07) is 22.1. The van der Waals surface area contributed by atoms with Crippen molar-refractivity contribution in [3.8, 4) is 22.8 Å². The number of aromatic nitrogens is 2. The van der Waals surface area contributed by atoms with Crippen LogP contribution in [0.4, 0.5) is 5.69 Å². The maximum atomic E-state index is 12.4. The molecule has 0 aliphatic heterocycles. The van der Waals surface area contributed by atoms with Crippen molar-refractivity contribution in [2.24, 2.45) is 0 Å². The lowest BCUT2D eigenvalue weighted by molar-refractivity contribution is -0.111. The van der Waals surface area contributed by atoms with Crippen LogP contribution in [-0.4, -0.2) is 15.9 Å². The van der Waals surface area contributed by atoms with Crippen molar-refractivity contribution in [2.75, 3.05) is 5.32 Å².